The van der Waals surface area contributed by atoms with E-state index in [1.54, 1.807) is 0 Å². The lowest BCUT2D eigenvalue weighted by atomic mass is 9.86. The number of fused-ring (bicyclic) bond motifs is 6. The number of H-pyrrole nitrogens is 2. The minimum absolute atomic E-state index is 0.00515. The van der Waals surface area contributed by atoms with E-state index in [9.17, 15) is 4.79 Å². The zero-order valence-electron chi connectivity index (χ0n) is 18.3. The van der Waals surface area contributed by atoms with Gasteiger partial charge < -0.3 is 19.5 Å². The van der Waals surface area contributed by atoms with Crippen molar-refractivity contribution in [2.24, 2.45) is 0 Å². The first-order valence-corrected chi connectivity index (χ1v) is 11.3. The number of anilines is 1. The number of carbonyl (C=O) groups is 1. The van der Waals surface area contributed by atoms with Crippen LogP contribution in [0.5, 0.6) is 0 Å². The lowest BCUT2D eigenvalue weighted by Gasteiger charge is -2.30. The second-order valence-corrected chi connectivity index (χ2v) is 9.74. The lowest BCUT2D eigenvalue weighted by molar-refractivity contribution is -0.133. The summed E-state index contributed by atoms with van der Waals surface area (Å²) in [5.74, 6) is 0.195. The summed E-state index contributed by atoms with van der Waals surface area (Å²) < 4.78 is 5.41. The standard InChI is InChI=1S/C24H29N5O2/c1-24(2)14-29(13-21(30)28-6-8-31-9-7-28)20-10-17-16-5-3-4-15-12-25-27-22(15)23(16)26-19(17)11-18(20)24/h10-12,26H,3-9,13-14H2,1-2H3,(H,25,27). The molecule has 31 heavy (non-hydrogen) atoms. The number of aromatic amines is 2. The average molecular weight is 420 g/mol. The molecule has 0 unspecified atom stereocenters. The Morgan fingerprint density at radius 2 is 2.06 bits per heavy atom. The minimum Gasteiger partial charge on any atom is -0.378 e. The van der Waals surface area contributed by atoms with Gasteiger partial charge in [0.05, 0.1) is 25.5 Å². The van der Waals surface area contributed by atoms with E-state index in [2.05, 4.69) is 46.1 Å². The highest BCUT2D eigenvalue weighted by Crippen LogP contribution is 2.45. The largest absolute Gasteiger partial charge is 0.378 e. The van der Waals surface area contributed by atoms with Crippen LogP contribution in [0.2, 0.25) is 0 Å². The van der Waals surface area contributed by atoms with Crippen LogP contribution < -0.4 is 4.90 Å². The minimum atomic E-state index is -0.00515. The molecule has 0 spiro atoms. The number of carbonyl (C=O) groups excluding carboxylic acids is 1. The van der Waals surface area contributed by atoms with Crippen LogP contribution in [0, 0.1) is 0 Å². The normalized spacial score (nSPS) is 19.8. The fourth-order valence-corrected chi connectivity index (χ4v) is 5.59. The van der Waals surface area contributed by atoms with Crippen molar-refractivity contribution >= 4 is 22.5 Å². The van der Waals surface area contributed by atoms with Gasteiger partial charge in [-0.2, -0.15) is 5.10 Å². The predicted molar refractivity (Wildman–Crippen MR) is 121 cm³/mol. The number of hydrogen-bond donors (Lipinski definition) is 2. The molecular weight excluding hydrogens is 390 g/mol. The van der Waals surface area contributed by atoms with Crippen LogP contribution in [-0.2, 0) is 27.8 Å². The number of nitrogens with zero attached hydrogens (tertiary/aromatic N) is 3. The van der Waals surface area contributed by atoms with Gasteiger partial charge in [-0.05, 0) is 48.1 Å². The van der Waals surface area contributed by atoms with E-state index in [0.717, 1.165) is 37.2 Å². The smallest absolute Gasteiger partial charge is 0.242 e. The first-order valence-electron chi connectivity index (χ1n) is 11.3. The molecule has 1 saturated heterocycles. The van der Waals surface area contributed by atoms with Crippen molar-refractivity contribution in [1.82, 2.24) is 20.1 Å². The summed E-state index contributed by atoms with van der Waals surface area (Å²) in [7, 11) is 0. The maximum absolute atomic E-state index is 13.0. The first kappa shape index (κ1) is 18.9. The van der Waals surface area contributed by atoms with E-state index < -0.39 is 0 Å². The van der Waals surface area contributed by atoms with Gasteiger partial charge in [-0.15, -0.1) is 0 Å². The number of morpholine rings is 1. The Kier molecular flexibility index (Phi) is 4.18. The van der Waals surface area contributed by atoms with E-state index in [0.29, 0.717) is 32.8 Å². The third kappa shape index (κ3) is 2.97. The van der Waals surface area contributed by atoms with Gasteiger partial charge in [-0.3, -0.25) is 9.89 Å². The molecule has 0 radical (unpaired) electrons. The fraction of sp³-hybridized carbons (Fsp3) is 0.500. The molecule has 1 fully saturated rings. The molecule has 3 aromatic rings. The Labute approximate surface area is 181 Å². The summed E-state index contributed by atoms with van der Waals surface area (Å²) in [6.07, 6.45) is 5.24. The zero-order valence-corrected chi connectivity index (χ0v) is 18.3. The van der Waals surface area contributed by atoms with Crippen LogP contribution in [0.1, 0.15) is 37.0 Å². The quantitative estimate of drug-likeness (QED) is 0.670. The SMILES string of the molecule is CC1(C)CN(CC(=O)N2CCOCC2)c2cc3c4c([nH]c3cc21)-c1n[nH]cc1CCC4. The van der Waals surface area contributed by atoms with E-state index in [4.69, 9.17) is 4.74 Å². The van der Waals surface area contributed by atoms with Crippen LogP contribution >= 0.6 is 0 Å². The van der Waals surface area contributed by atoms with Crippen LogP contribution in [0.15, 0.2) is 18.3 Å². The summed E-state index contributed by atoms with van der Waals surface area (Å²) in [4.78, 5) is 20.9. The second kappa shape index (κ2) is 6.85. The molecule has 1 aromatic carbocycles. The summed E-state index contributed by atoms with van der Waals surface area (Å²) >= 11 is 0. The number of benzene rings is 1. The Morgan fingerprint density at radius 3 is 2.90 bits per heavy atom. The summed E-state index contributed by atoms with van der Waals surface area (Å²) in [6.45, 7) is 8.50. The molecule has 0 atom stereocenters. The summed E-state index contributed by atoms with van der Waals surface area (Å²) in [6, 6.07) is 4.63. The Bertz CT molecular complexity index is 1170. The van der Waals surface area contributed by atoms with Crippen molar-refractivity contribution in [2.75, 3.05) is 44.3 Å². The third-order valence-corrected chi connectivity index (χ3v) is 7.20. The number of ether oxygens (including phenoxy) is 1. The van der Waals surface area contributed by atoms with Crippen molar-refractivity contribution in [3.05, 3.63) is 35.0 Å². The first-order chi connectivity index (χ1) is 15.0. The van der Waals surface area contributed by atoms with Crippen molar-refractivity contribution in [1.29, 1.82) is 0 Å². The van der Waals surface area contributed by atoms with Crippen molar-refractivity contribution in [3.8, 4) is 11.4 Å². The van der Waals surface area contributed by atoms with Crippen LogP contribution in [0.3, 0.4) is 0 Å². The van der Waals surface area contributed by atoms with E-state index >= 15 is 0 Å². The van der Waals surface area contributed by atoms with E-state index in [1.165, 1.54) is 33.3 Å². The molecule has 7 heteroatoms. The van der Waals surface area contributed by atoms with Gasteiger partial charge in [0.25, 0.3) is 0 Å². The second-order valence-electron chi connectivity index (χ2n) is 9.74. The number of hydrogen-bond acceptors (Lipinski definition) is 4. The molecule has 2 aliphatic heterocycles. The van der Waals surface area contributed by atoms with Gasteiger partial charge in [0.15, 0.2) is 0 Å². The van der Waals surface area contributed by atoms with Gasteiger partial charge in [-0.1, -0.05) is 13.8 Å². The van der Waals surface area contributed by atoms with Gasteiger partial charge in [0, 0.05) is 47.8 Å². The van der Waals surface area contributed by atoms with Gasteiger partial charge >= 0.3 is 0 Å². The number of amides is 1. The molecule has 4 heterocycles. The molecule has 0 saturated carbocycles. The predicted octanol–water partition coefficient (Wildman–Crippen LogP) is 3.00. The Hall–Kier alpha value is -2.80. The molecule has 162 valence electrons. The molecule has 6 rings (SSSR count). The summed E-state index contributed by atoms with van der Waals surface area (Å²) in [5, 5.41) is 8.85. The van der Waals surface area contributed by atoms with Crippen LogP contribution in [0.25, 0.3) is 22.3 Å². The fourth-order valence-electron chi connectivity index (χ4n) is 5.59. The third-order valence-electron chi connectivity index (χ3n) is 7.20. The van der Waals surface area contributed by atoms with Gasteiger partial charge in [0.2, 0.25) is 5.91 Å². The topological polar surface area (TPSA) is 77.2 Å². The van der Waals surface area contributed by atoms with Crippen molar-refractivity contribution in [2.45, 2.75) is 38.5 Å². The van der Waals surface area contributed by atoms with Crippen molar-refractivity contribution < 1.29 is 9.53 Å². The van der Waals surface area contributed by atoms with Gasteiger partial charge in [-0.25, -0.2) is 0 Å². The average Bonchev–Trinajstić information content (AvgIpc) is 3.40. The number of aromatic nitrogens is 3. The zero-order chi connectivity index (χ0) is 21.2. The number of aryl methyl sites for hydroxylation is 2. The highest BCUT2D eigenvalue weighted by molar-refractivity contribution is 5.96. The van der Waals surface area contributed by atoms with Gasteiger partial charge in [0.1, 0.15) is 5.69 Å². The Balaban J connectivity index is 1.41. The lowest BCUT2D eigenvalue weighted by Crippen LogP contribution is -2.46. The highest BCUT2D eigenvalue weighted by Gasteiger charge is 2.37. The molecule has 7 nitrogen and oxygen atoms in total. The molecule has 1 aliphatic carbocycles. The van der Waals surface area contributed by atoms with Crippen LogP contribution in [-0.4, -0.2) is 65.4 Å². The maximum atomic E-state index is 13.0. The molecule has 1 amide bonds. The molecule has 0 bridgehead atoms. The van der Waals surface area contributed by atoms with Crippen LogP contribution in [0.4, 0.5) is 5.69 Å². The van der Waals surface area contributed by atoms with E-state index in [1.807, 2.05) is 11.1 Å². The molecule has 3 aliphatic rings. The highest BCUT2D eigenvalue weighted by atomic mass is 16.5. The molecule has 2 aromatic heterocycles. The number of rotatable bonds is 2. The monoisotopic (exact) mass is 419 g/mol. The molecular formula is C24H29N5O2. The number of nitrogens with one attached hydrogen (secondary N) is 2. The van der Waals surface area contributed by atoms with Crippen molar-refractivity contribution in [3.63, 3.8) is 0 Å². The maximum Gasteiger partial charge on any atom is 0.242 e. The van der Waals surface area contributed by atoms with E-state index in [-0.39, 0.29) is 11.3 Å². The Morgan fingerprint density at radius 1 is 1.23 bits per heavy atom. The summed E-state index contributed by atoms with van der Waals surface area (Å²) in [5.41, 5.74) is 8.54. The molecule has 2 N–H and O–H groups in total.